The number of amides is 4. The Labute approximate surface area is 243 Å². The van der Waals surface area contributed by atoms with Gasteiger partial charge in [-0.15, -0.1) is 0 Å². The summed E-state index contributed by atoms with van der Waals surface area (Å²) >= 11 is 0. The van der Waals surface area contributed by atoms with E-state index in [-0.39, 0.29) is 25.5 Å². The summed E-state index contributed by atoms with van der Waals surface area (Å²) in [5, 5.41) is 8.66. The summed E-state index contributed by atoms with van der Waals surface area (Å²) in [6, 6.07) is 4.51. The Morgan fingerprint density at radius 3 is 2.62 bits per heavy atom. The van der Waals surface area contributed by atoms with Gasteiger partial charge in [-0.1, -0.05) is 0 Å². The van der Waals surface area contributed by atoms with Crippen LogP contribution in [-0.4, -0.2) is 72.0 Å². The highest BCUT2D eigenvalue weighted by molar-refractivity contribution is 5.99. The second-order valence-corrected chi connectivity index (χ2v) is 11.1. The van der Waals surface area contributed by atoms with Crippen LogP contribution >= 0.6 is 0 Å². The smallest absolute Gasteiger partial charge is 0.408 e. The minimum atomic E-state index is -0.982. The van der Waals surface area contributed by atoms with Crippen molar-refractivity contribution in [1.29, 1.82) is 0 Å². The summed E-state index contributed by atoms with van der Waals surface area (Å²) in [5.41, 5.74) is 11.0. The van der Waals surface area contributed by atoms with Gasteiger partial charge in [-0.3, -0.25) is 19.4 Å². The average molecular weight is 586 g/mol. The number of alkyl carbamates (subject to hydrolysis) is 1. The van der Waals surface area contributed by atoms with Crippen molar-refractivity contribution in [3.8, 4) is 0 Å². The number of benzene rings is 1. The van der Waals surface area contributed by atoms with E-state index in [1.165, 1.54) is 17.0 Å². The van der Waals surface area contributed by atoms with E-state index in [4.69, 9.17) is 20.6 Å². The molecule has 4 amide bonds. The summed E-state index contributed by atoms with van der Waals surface area (Å²) in [6.45, 7) is 7.14. The number of nitrogens with zero attached hydrogens (tertiary/aromatic N) is 2. The Balaban J connectivity index is 1.70. The molecule has 1 fully saturated rings. The van der Waals surface area contributed by atoms with E-state index in [9.17, 15) is 24.0 Å². The average Bonchev–Trinajstić information content (AvgIpc) is 3.38. The maximum Gasteiger partial charge on any atom is 0.408 e. The highest BCUT2D eigenvalue weighted by Gasteiger charge is 2.36. The number of likely N-dealkylation sites (tertiary alicyclic amines) is 1. The molecular formula is C28H39N7O7. The fraction of sp³-hybridized carbons (Fsp3) is 0.500. The lowest BCUT2D eigenvalue weighted by atomic mass is 10.1. The van der Waals surface area contributed by atoms with Gasteiger partial charge >= 0.3 is 11.7 Å². The van der Waals surface area contributed by atoms with E-state index in [2.05, 4.69) is 20.9 Å². The number of aryl methyl sites for hydroxylation is 1. The lowest BCUT2D eigenvalue weighted by molar-refractivity contribution is -0.138. The van der Waals surface area contributed by atoms with Crippen LogP contribution in [0.15, 0.2) is 38.5 Å². The molecule has 1 aliphatic rings. The van der Waals surface area contributed by atoms with E-state index in [1.807, 2.05) is 0 Å². The first-order chi connectivity index (χ1) is 19.7. The van der Waals surface area contributed by atoms with Gasteiger partial charge in [-0.2, -0.15) is 0 Å². The third-order valence-corrected chi connectivity index (χ3v) is 6.46. The zero-order chi connectivity index (χ0) is 31.0. The van der Waals surface area contributed by atoms with Crippen molar-refractivity contribution < 1.29 is 28.3 Å². The molecule has 1 aliphatic heterocycles. The summed E-state index contributed by atoms with van der Waals surface area (Å²) in [6.07, 6.45) is 0.831. The van der Waals surface area contributed by atoms with Gasteiger partial charge in [-0.25, -0.2) is 9.59 Å². The number of hydrogen-bond acceptors (Lipinski definition) is 8. The Kier molecular flexibility index (Phi) is 10.5. The first-order valence-corrected chi connectivity index (χ1v) is 13.7. The van der Waals surface area contributed by atoms with Gasteiger partial charge in [0.1, 0.15) is 29.8 Å². The van der Waals surface area contributed by atoms with E-state index in [0.717, 1.165) is 10.9 Å². The van der Waals surface area contributed by atoms with Gasteiger partial charge in [0, 0.05) is 36.3 Å². The standard InChI is InChI=1S/C28H39N7O7/c1-16-13-23(37)41-21-14-17(9-10-18(16)21)33-24(38)19(7-5-11-31-26(29)30)34-25(39)20-8-6-12-35(20)22(36)15-32-27(40)42-28(2,3)4/h9-10,13-14,19-20H,5-8,11-12,15H2,1-4H3,(H,32,40)(H,33,38)(H,34,39)(H4,29,30,31)/t19-,20-/m0/s1. The van der Waals surface area contributed by atoms with Crippen molar-refractivity contribution in [2.24, 2.45) is 16.5 Å². The molecule has 2 aromatic rings. The largest absolute Gasteiger partial charge is 0.444 e. The number of anilines is 1. The number of carbonyl (C=O) groups is 4. The molecule has 1 saturated heterocycles. The molecule has 42 heavy (non-hydrogen) atoms. The molecule has 1 aromatic carbocycles. The minimum Gasteiger partial charge on any atom is -0.444 e. The van der Waals surface area contributed by atoms with Crippen LogP contribution in [0.3, 0.4) is 0 Å². The number of hydrogen-bond donors (Lipinski definition) is 5. The number of ether oxygens (including phenoxy) is 1. The minimum absolute atomic E-state index is 0.0897. The first kappa shape index (κ1) is 31.9. The second kappa shape index (κ2) is 13.8. The molecule has 0 unspecified atom stereocenters. The van der Waals surface area contributed by atoms with Crippen molar-refractivity contribution in [2.75, 3.05) is 25.0 Å². The van der Waals surface area contributed by atoms with Crippen molar-refractivity contribution >= 4 is 46.4 Å². The van der Waals surface area contributed by atoms with E-state index in [0.29, 0.717) is 37.1 Å². The van der Waals surface area contributed by atoms with Crippen LogP contribution in [0.25, 0.3) is 11.0 Å². The van der Waals surface area contributed by atoms with Gasteiger partial charge in [0.15, 0.2) is 5.96 Å². The molecule has 0 spiro atoms. The van der Waals surface area contributed by atoms with Gasteiger partial charge in [0.05, 0.1) is 0 Å². The number of guanidine groups is 1. The summed E-state index contributed by atoms with van der Waals surface area (Å²) in [5.74, 6) is -1.54. The van der Waals surface area contributed by atoms with Crippen molar-refractivity contribution in [3.63, 3.8) is 0 Å². The second-order valence-electron chi connectivity index (χ2n) is 11.1. The molecule has 3 rings (SSSR count). The van der Waals surface area contributed by atoms with Crippen LogP contribution in [-0.2, 0) is 19.1 Å². The Hall–Kier alpha value is -4.62. The Morgan fingerprint density at radius 2 is 1.93 bits per heavy atom. The van der Waals surface area contributed by atoms with Crippen molar-refractivity contribution in [3.05, 3.63) is 40.2 Å². The predicted molar refractivity (Wildman–Crippen MR) is 157 cm³/mol. The van der Waals surface area contributed by atoms with Crippen LogP contribution in [0.4, 0.5) is 10.5 Å². The first-order valence-electron chi connectivity index (χ1n) is 13.7. The number of fused-ring (bicyclic) bond motifs is 1. The fourth-order valence-corrected chi connectivity index (χ4v) is 4.57. The highest BCUT2D eigenvalue weighted by atomic mass is 16.6. The zero-order valence-electron chi connectivity index (χ0n) is 24.3. The van der Waals surface area contributed by atoms with E-state index >= 15 is 0 Å². The molecular weight excluding hydrogens is 546 g/mol. The summed E-state index contributed by atoms with van der Waals surface area (Å²) in [7, 11) is 0. The number of carbonyl (C=O) groups excluding carboxylic acids is 4. The topological polar surface area (TPSA) is 211 Å². The number of nitrogens with one attached hydrogen (secondary N) is 3. The summed E-state index contributed by atoms with van der Waals surface area (Å²) in [4.78, 5) is 68.6. The molecule has 2 heterocycles. The molecule has 2 atom stereocenters. The SMILES string of the molecule is Cc1cc(=O)oc2cc(NC(=O)[C@H](CCCN=C(N)N)NC(=O)[C@@H]3CCCN3C(=O)CNC(=O)OC(C)(C)C)ccc12. The van der Waals surface area contributed by atoms with Crippen molar-refractivity contribution in [2.45, 2.75) is 71.1 Å². The normalized spacial score (nSPS) is 15.5. The van der Waals surface area contributed by atoms with Crippen LogP contribution in [0.1, 0.15) is 52.0 Å². The molecule has 0 radical (unpaired) electrons. The Bertz CT molecular complexity index is 1410. The van der Waals surface area contributed by atoms with Crippen LogP contribution in [0.2, 0.25) is 0 Å². The molecule has 7 N–H and O–H groups in total. The quantitative estimate of drug-likeness (QED) is 0.117. The molecule has 14 heteroatoms. The molecule has 0 aliphatic carbocycles. The molecule has 14 nitrogen and oxygen atoms in total. The molecule has 1 aromatic heterocycles. The van der Waals surface area contributed by atoms with Crippen LogP contribution in [0, 0.1) is 6.92 Å². The lowest BCUT2D eigenvalue weighted by Crippen LogP contribution is -2.53. The van der Waals surface area contributed by atoms with Gasteiger partial charge in [0.2, 0.25) is 17.7 Å². The van der Waals surface area contributed by atoms with Gasteiger partial charge in [-0.05, 0) is 71.1 Å². The number of nitrogens with two attached hydrogens (primary N) is 2. The predicted octanol–water partition coefficient (Wildman–Crippen LogP) is 1.09. The Morgan fingerprint density at radius 1 is 1.19 bits per heavy atom. The maximum absolute atomic E-state index is 13.3. The maximum atomic E-state index is 13.3. The molecule has 228 valence electrons. The van der Waals surface area contributed by atoms with Crippen LogP contribution < -0.4 is 33.0 Å². The third-order valence-electron chi connectivity index (χ3n) is 6.46. The zero-order valence-corrected chi connectivity index (χ0v) is 24.3. The summed E-state index contributed by atoms with van der Waals surface area (Å²) < 4.78 is 10.4. The third kappa shape index (κ3) is 9.21. The van der Waals surface area contributed by atoms with Crippen LogP contribution in [0.5, 0.6) is 0 Å². The monoisotopic (exact) mass is 585 g/mol. The van der Waals surface area contributed by atoms with E-state index in [1.54, 1.807) is 39.8 Å². The number of aliphatic imine (C=N–C) groups is 1. The molecule has 0 saturated carbocycles. The number of rotatable bonds is 10. The van der Waals surface area contributed by atoms with Gasteiger partial charge < -0.3 is 41.5 Å². The molecule has 0 bridgehead atoms. The van der Waals surface area contributed by atoms with Gasteiger partial charge in [0.25, 0.3) is 0 Å². The fourth-order valence-electron chi connectivity index (χ4n) is 4.57. The van der Waals surface area contributed by atoms with Crippen molar-refractivity contribution in [1.82, 2.24) is 15.5 Å². The lowest BCUT2D eigenvalue weighted by Gasteiger charge is -2.27. The van der Waals surface area contributed by atoms with E-state index < -0.39 is 47.1 Å². The highest BCUT2D eigenvalue weighted by Crippen LogP contribution is 2.22.